The molecule has 5 nitrogen and oxygen atoms in total. The molecule has 1 saturated carbocycles. The number of imidazole rings is 1. The zero-order valence-electron chi connectivity index (χ0n) is 13.2. The summed E-state index contributed by atoms with van der Waals surface area (Å²) >= 11 is 0. The summed E-state index contributed by atoms with van der Waals surface area (Å²) in [6.07, 6.45) is 5.12. The highest BCUT2D eigenvalue weighted by Crippen LogP contribution is 2.30. The summed E-state index contributed by atoms with van der Waals surface area (Å²) in [7, 11) is 0. The second-order valence-electron chi connectivity index (χ2n) is 5.88. The van der Waals surface area contributed by atoms with Crippen molar-refractivity contribution in [2.45, 2.75) is 32.7 Å². The number of halogens is 2. The Hall–Kier alpha value is -1.30. The lowest BCUT2D eigenvalue weighted by atomic mass is 9.95. The molecule has 2 atom stereocenters. The first kappa shape index (κ1) is 19.7. The summed E-state index contributed by atoms with van der Waals surface area (Å²) in [6.45, 7) is 3.13. The lowest BCUT2D eigenvalue weighted by molar-refractivity contribution is -0.126. The highest BCUT2D eigenvalue weighted by atomic mass is 35.5. The molecule has 23 heavy (non-hydrogen) atoms. The van der Waals surface area contributed by atoms with E-state index in [1.165, 1.54) is 0 Å². The van der Waals surface area contributed by atoms with Crippen LogP contribution in [0.1, 0.15) is 30.7 Å². The van der Waals surface area contributed by atoms with Crippen LogP contribution in [0.2, 0.25) is 0 Å². The summed E-state index contributed by atoms with van der Waals surface area (Å²) in [4.78, 5) is 16.8. The van der Waals surface area contributed by atoms with Crippen LogP contribution in [0, 0.1) is 18.8 Å². The van der Waals surface area contributed by atoms with Crippen molar-refractivity contribution in [1.29, 1.82) is 0 Å². The zero-order valence-corrected chi connectivity index (χ0v) is 14.8. The Labute approximate surface area is 148 Å². The first-order valence-electron chi connectivity index (χ1n) is 7.60. The summed E-state index contributed by atoms with van der Waals surface area (Å²) in [6, 6.07) is 6.01. The minimum Gasteiger partial charge on any atom is -0.350 e. The van der Waals surface area contributed by atoms with Crippen LogP contribution in [-0.4, -0.2) is 21.8 Å². The number of nitrogens with one attached hydrogen (secondary N) is 1. The van der Waals surface area contributed by atoms with E-state index in [-0.39, 0.29) is 36.6 Å². The fourth-order valence-corrected chi connectivity index (χ4v) is 3.26. The van der Waals surface area contributed by atoms with Crippen molar-refractivity contribution >= 4 is 36.4 Å². The Bertz CT molecular complexity index is 659. The van der Waals surface area contributed by atoms with E-state index in [4.69, 9.17) is 5.73 Å². The predicted molar refractivity (Wildman–Crippen MR) is 96.2 cm³/mol. The lowest BCUT2D eigenvalue weighted by Crippen LogP contribution is -2.34. The molecule has 0 saturated heterocycles. The number of nitrogens with zero attached hydrogens (tertiary/aromatic N) is 2. The maximum absolute atomic E-state index is 12.3. The molecule has 128 valence electrons. The van der Waals surface area contributed by atoms with Crippen LogP contribution >= 0.6 is 24.8 Å². The number of hydrogen-bond donors (Lipinski definition) is 2. The third-order valence-corrected chi connectivity index (χ3v) is 4.49. The van der Waals surface area contributed by atoms with Crippen LogP contribution < -0.4 is 11.1 Å². The third-order valence-electron chi connectivity index (χ3n) is 4.49. The summed E-state index contributed by atoms with van der Waals surface area (Å²) in [5.74, 6) is 0.541. The second-order valence-corrected chi connectivity index (χ2v) is 5.88. The number of carbonyl (C=O) groups excluding carboxylic acids is 1. The Morgan fingerprint density at radius 3 is 2.87 bits per heavy atom. The van der Waals surface area contributed by atoms with Gasteiger partial charge in [-0.05, 0) is 44.4 Å². The molecule has 3 N–H and O–H groups in total. The Balaban J connectivity index is 0.00000132. The number of fused-ring (bicyclic) bond motifs is 1. The number of carbonyl (C=O) groups is 1. The number of hydrogen-bond acceptors (Lipinski definition) is 3. The van der Waals surface area contributed by atoms with Crippen molar-refractivity contribution in [3.63, 3.8) is 0 Å². The van der Waals surface area contributed by atoms with Gasteiger partial charge in [0.15, 0.2) is 0 Å². The maximum atomic E-state index is 12.3. The van der Waals surface area contributed by atoms with E-state index >= 15 is 0 Å². The minimum absolute atomic E-state index is 0. The molecule has 0 bridgehead atoms. The van der Waals surface area contributed by atoms with Crippen LogP contribution in [0.15, 0.2) is 24.4 Å². The normalized spacial score (nSPS) is 19.9. The average Bonchev–Trinajstić information content (AvgIpc) is 3.11. The largest absolute Gasteiger partial charge is 0.350 e. The quantitative estimate of drug-likeness (QED) is 0.881. The standard InChI is InChI=1S/C16H22N4O.2ClH/c1-11-4-2-7-15-19-13(10-20(11)15)9-18-16(21)14-6-3-5-12(14)8-17;;/h2,4,7,10,12,14H,3,5-6,8-9,17H2,1H3,(H,18,21);2*1H/t12-,14-;;/m1../s1. The Morgan fingerprint density at radius 1 is 1.39 bits per heavy atom. The van der Waals surface area contributed by atoms with Crippen molar-refractivity contribution in [2.75, 3.05) is 6.54 Å². The topological polar surface area (TPSA) is 72.4 Å². The SMILES string of the molecule is Cc1cccc2nc(CNC(=O)[C@@H]3CCC[C@@H]3CN)cn12.Cl.Cl. The fourth-order valence-electron chi connectivity index (χ4n) is 3.26. The lowest BCUT2D eigenvalue weighted by Gasteiger charge is -2.16. The molecule has 1 aliphatic carbocycles. The van der Waals surface area contributed by atoms with Crippen LogP contribution in [0.5, 0.6) is 0 Å². The van der Waals surface area contributed by atoms with E-state index in [0.29, 0.717) is 19.0 Å². The fraction of sp³-hybridized carbons (Fsp3) is 0.500. The van der Waals surface area contributed by atoms with E-state index in [1.807, 2.05) is 35.7 Å². The number of amides is 1. The molecule has 3 rings (SSSR count). The second kappa shape index (κ2) is 8.52. The van der Waals surface area contributed by atoms with E-state index < -0.39 is 0 Å². The Kier molecular flexibility index (Phi) is 7.32. The number of nitrogens with two attached hydrogens (primary N) is 1. The molecule has 1 fully saturated rings. The maximum Gasteiger partial charge on any atom is 0.223 e. The molecule has 2 heterocycles. The first-order chi connectivity index (χ1) is 10.2. The molecule has 0 unspecified atom stereocenters. The highest BCUT2D eigenvalue weighted by molar-refractivity contribution is 5.85. The van der Waals surface area contributed by atoms with Crippen LogP contribution in [-0.2, 0) is 11.3 Å². The number of aromatic nitrogens is 2. The van der Waals surface area contributed by atoms with Gasteiger partial charge in [-0.1, -0.05) is 12.5 Å². The smallest absolute Gasteiger partial charge is 0.223 e. The summed E-state index contributed by atoms with van der Waals surface area (Å²) in [5, 5.41) is 3.02. The third kappa shape index (κ3) is 4.16. The average molecular weight is 359 g/mol. The van der Waals surface area contributed by atoms with E-state index in [2.05, 4.69) is 10.3 Å². The van der Waals surface area contributed by atoms with E-state index in [9.17, 15) is 4.79 Å². The van der Waals surface area contributed by atoms with Gasteiger partial charge in [0, 0.05) is 17.8 Å². The number of aryl methyl sites for hydroxylation is 1. The highest BCUT2D eigenvalue weighted by Gasteiger charge is 2.31. The Morgan fingerprint density at radius 2 is 2.17 bits per heavy atom. The van der Waals surface area contributed by atoms with Gasteiger partial charge in [-0.25, -0.2) is 4.98 Å². The molecule has 1 amide bonds. The van der Waals surface area contributed by atoms with Gasteiger partial charge in [-0.3, -0.25) is 4.79 Å². The van der Waals surface area contributed by atoms with Crippen LogP contribution in [0.25, 0.3) is 5.65 Å². The predicted octanol–water partition coefficient (Wildman–Crippen LogP) is 2.48. The molecule has 0 radical (unpaired) electrons. The first-order valence-corrected chi connectivity index (χ1v) is 7.60. The summed E-state index contributed by atoms with van der Waals surface area (Å²) in [5.41, 5.74) is 8.68. The molecule has 2 aromatic heterocycles. The molecule has 2 aromatic rings. The number of pyridine rings is 1. The van der Waals surface area contributed by atoms with Crippen LogP contribution in [0.4, 0.5) is 0 Å². The monoisotopic (exact) mass is 358 g/mol. The van der Waals surface area contributed by atoms with Gasteiger partial charge >= 0.3 is 0 Å². The van der Waals surface area contributed by atoms with Gasteiger partial charge in [0.25, 0.3) is 0 Å². The molecule has 0 aromatic carbocycles. The molecule has 7 heteroatoms. The van der Waals surface area contributed by atoms with Gasteiger partial charge in [0.1, 0.15) is 5.65 Å². The van der Waals surface area contributed by atoms with Gasteiger partial charge in [-0.15, -0.1) is 24.8 Å². The van der Waals surface area contributed by atoms with Crippen molar-refractivity contribution in [3.05, 3.63) is 35.8 Å². The van der Waals surface area contributed by atoms with Crippen molar-refractivity contribution in [3.8, 4) is 0 Å². The van der Waals surface area contributed by atoms with Crippen molar-refractivity contribution in [1.82, 2.24) is 14.7 Å². The summed E-state index contributed by atoms with van der Waals surface area (Å²) < 4.78 is 2.04. The van der Waals surface area contributed by atoms with Gasteiger partial charge in [0.05, 0.1) is 12.2 Å². The molecular weight excluding hydrogens is 335 g/mol. The van der Waals surface area contributed by atoms with Gasteiger partial charge in [0.2, 0.25) is 5.91 Å². The molecule has 1 aliphatic rings. The van der Waals surface area contributed by atoms with Gasteiger partial charge in [-0.2, -0.15) is 0 Å². The minimum atomic E-state index is 0. The molecule has 0 spiro atoms. The molecular formula is C16H24Cl2N4O. The van der Waals surface area contributed by atoms with Crippen LogP contribution in [0.3, 0.4) is 0 Å². The number of rotatable bonds is 4. The van der Waals surface area contributed by atoms with Crippen molar-refractivity contribution < 1.29 is 4.79 Å². The van der Waals surface area contributed by atoms with Crippen molar-refractivity contribution in [2.24, 2.45) is 17.6 Å². The van der Waals surface area contributed by atoms with E-state index in [1.54, 1.807) is 0 Å². The zero-order chi connectivity index (χ0) is 14.8. The van der Waals surface area contributed by atoms with E-state index in [0.717, 1.165) is 36.3 Å². The molecule has 0 aliphatic heterocycles. The van der Waals surface area contributed by atoms with Gasteiger partial charge < -0.3 is 15.5 Å².